The van der Waals surface area contributed by atoms with Gasteiger partial charge in [-0.1, -0.05) is 20.8 Å². The first-order chi connectivity index (χ1) is 11.3. The van der Waals surface area contributed by atoms with Gasteiger partial charge in [-0.05, 0) is 26.3 Å². The second-order valence-corrected chi connectivity index (χ2v) is 8.10. The number of H-pyrrole nitrogens is 1. The van der Waals surface area contributed by atoms with Crippen molar-refractivity contribution in [2.75, 3.05) is 18.4 Å². The maximum Gasteiger partial charge on any atom is 0.240 e. The van der Waals surface area contributed by atoms with Gasteiger partial charge < -0.3 is 5.32 Å². The number of amides is 1. The first-order valence-corrected chi connectivity index (χ1v) is 9.10. The zero-order valence-corrected chi connectivity index (χ0v) is 15.4. The van der Waals surface area contributed by atoms with Crippen molar-refractivity contribution in [3.05, 3.63) is 22.7 Å². The van der Waals surface area contributed by atoms with E-state index >= 15 is 0 Å². The van der Waals surface area contributed by atoms with Crippen LogP contribution in [-0.2, 0) is 10.2 Å². The van der Waals surface area contributed by atoms with Crippen LogP contribution in [0.25, 0.3) is 0 Å². The van der Waals surface area contributed by atoms with E-state index in [1.165, 1.54) is 11.3 Å². The number of hydrogen-bond acceptors (Lipinski definition) is 6. The molecule has 130 valence electrons. The Morgan fingerprint density at radius 3 is 2.88 bits per heavy atom. The first kappa shape index (κ1) is 17.0. The van der Waals surface area contributed by atoms with Crippen LogP contribution in [0.15, 0.2) is 5.38 Å². The Labute approximate surface area is 145 Å². The number of thiazole rings is 1. The molecule has 0 aromatic carbocycles. The summed E-state index contributed by atoms with van der Waals surface area (Å²) < 4.78 is 0. The van der Waals surface area contributed by atoms with E-state index in [1.807, 2.05) is 12.3 Å². The van der Waals surface area contributed by atoms with Crippen molar-refractivity contribution in [3.63, 3.8) is 0 Å². The first-order valence-electron chi connectivity index (χ1n) is 8.22. The molecule has 8 heteroatoms. The molecule has 0 bridgehead atoms. The third-order valence-corrected chi connectivity index (χ3v) is 4.90. The molecule has 1 saturated heterocycles. The van der Waals surface area contributed by atoms with E-state index < -0.39 is 0 Å². The number of rotatable bonds is 4. The zero-order valence-electron chi connectivity index (χ0n) is 14.6. The number of aromatic amines is 1. The van der Waals surface area contributed by atoms with Gasteiger partial charge in [0.05, 0.1) is 18.3 Å². The summed E-state index contributed by atoms with van der Waals surface area (Å²) in [7, 11) is 0. The summed E-state index contributed by atoms with van der Waals surface area (Å²) in [6.07, 6.45) is 2.03. The summed E-state index contributed by atoms with van der Waals surface area (Å²) in [5.74, 6) is 1.55. The van der Waals surface area contributed by atoms with Crippen LogP contribution in [0, 0.1) is 6.92 Å². The van der Waals surface area contributed by atoms with Gasteiger partial charge in [0.25, 0.3) is 0 Å². The number of hydrogen-bond donors (Lipinski definition) is 2. The molecule has 1 aliphatic rings. The van der Waals surface area contributed by atoms with E-state index in [2.05, 4.69) is 51.2 Å². The average molecular weight is 348 g/mol. The lowest BCUT2D eigenvalue weighted by Gasteiger charge is -2.21. The molecule has 0 spiro atoms. The smallest absolute Gasteiger partial charge is 0.240 e. The van der Waals surface area contributed by atoms with Crippen LogP contribution in [0.5, 0.6) is 0 Å². The number of nitrogens with zero attached hydrogens (tertiary/aromatic N) is 4. The third kappa shape index (κ3) is 3.81. The molecule has 1 unspecified atom stereocenters. The second-order valence-electron chi connectivity index (χ2n) is 7.24. The molecule has 0 radical (unpaired) electrons. The highest BCUT2D eigenvalue weighted by Crippen LogP contribution is 2.30. The Bertz CT molecular complexity index is 716. The third-order valence-electron chi connectivity index (χ3n) is 4.14. The fourth-order valence-corrected chi connectivity index (χ4v) is 3.79. The van der Waals surface area contributed by atoms with Gasteiger partial charge in [0.15, 0.2) is 11.0 Å². The number of carbonyl (C=O) groups is 1. The molecule has 2 N–H and O–H groups in total. The Morgan fingerprint density at radius 2 is 2.25 bits per heavy atom. The maximum absolute atomic E-state index is 12.4. The van der Waals surface area contributed by atoms with E-state index in [1.54, 1.807) is 0 Å². The van der Waals surface area contributed by atoms with E-state index in [0.717, 1.165) is 36.7 Å². The lowest BCUT2D eigenvalue weighted by Crippen LogP contribution is -2.33. The quantitative estimate of drug-likeness (QED) is 0.887. The predicted octanol–water partition coefficient (Wildman–Crippen LogP) is 2.64. The van der Waals surface area contributed by atoms with Crippen molar-refractivity contribution in [2.24, 2.45) is 0 Å². The zero-order chi connectivity index (χ0) is 17.3. The van der Waals surface area contributed by atoms with Crippen molar-refractivity contribution in [1.29, 1.82) is 0 Å². The minimum Gasteiger partial charge on any atom is -0.301 e. The molecule has 1 amide bonds. The molecule has 1 atom stereocenters. The number of nitrogens with one attached hydrogen (secondary N) is 2. The summed E-state index contributed by atoms with van der Waals surface area (Å²) in [6.45, 7) is 9.45. The highest BCUT2D eigenvalue weighted by atomic mass is 32.1. The number of aryl methyl sites for hydroxylation is 1. The standard InChI is InChI=1S/C16H24N6OS/c1-10-17-14(21-20-10)11-6-5-7-22(11)8-13(23)19-15-18-12(9-24-15)16(2,3)4/h9,11H,5-8H2,1-4H3,(H,17,20,21)(H,18,19,23). The molecule has 24 heavy (non-hydrogen) atoms. The molecule has 2 aromatic heterocycles. The molecule has 3 rings (SSSR count). The number of aromatic nitrogens is 4. The SMILES string of the molecule is Cc1nc(C2CCCN2CC(=O)Nc2nc(C(C)(C)C)cs2)n[nH]1. The monoisotopic (exact) mass is 348 g/mol. The summed E-state index contributed by atoms with van der Waals surface area (Å²) in [5, 5.41) is 12.7. The summed E-state index contributed by atoms with van der Waals surface area (Å²) in [6, 6.07) is 0.113. The number of likely N-dealkylation sites (tertiary alicyclic amines) is 1. The van der Waals surface area contributed by atoms with Crippen molar-refractivity contribution >= 4 is 22.4 Å². The van der Waals surface area contributed by atoms with Crippen LogP contribution >= 0.6 is 11.3 Å². The lowest BCUT2D eigenvalue weighted by molar-refractivity contribution is -0.117. The van der Waals surface area contributed by atoms with Crippen molar-refractivity contribution < 1.29 is 4.79 Å². The van der Waals surface area contributed by atoms with E-state index in [4.69, 9.17) is 0 Å². The van der Waals surface area contributed by atoms with Crippen LogP contribution < -0.4 is 5.32 Å². The molecule has 7 nitrogen and oxygen atoms in total. The number of carbonyl (C=O) groups excluding carboxylic acids is 1. The van der Waals surface area contributed by atoms with Gasteiger partial charge in [-0.25, -0.2) is 9.97 Å². The minimum atomic E-state index is -0.0380. The predicted molar refractivity (Wildman–Crippen MR) is 94.1 cm³/mol. The molecule has 1 aliphatic heterocycles. The van der Waals surface area contributed by atoms with Crippen LogP contribution in [0.3, 0.4) is 0 Å². The highest BCUT2D eigenvalue weighted by molar-refractivity contribution is 7.13. The Balaban J connectivity index is 1.61. The number of anilines is 1. The summed E-state index contributed by atoms with van der Waals surface area (Å²) >= 11 is 1.47. The maximum atomic E-state index is 12.4. The Kier molecular flexibility index (Phi) is 4.69. The largest absolute Gasteiger partial charge is 0.301 e. The minimum absolute atomic E-state index is 0.0109. The molecule has 1 fully saturated rings. The molecule has 0 aliphatic carbocycles. The molecular weight excluding hydrogens is 324 g/mol. The van der Waals surface area contributed by atoms with E-state index in [-0.39, 0.29) is 17.4 Å². The van der Waals surface area contributed by atoms with Gasteiger partial charge in [0.2, 0.25) is 5.91 Å². The van der Waals surface area contributed by atoms with Crippen molar-refractivity contribution in [3.8, 4) is 0 Å². The van der Waals surface area contributed by atoms with Crippen molar-refractivity contribution in [1.82, 2.24) is 25.1 Å². The van der Waals surface area contributed by atoms with E-state index in [9.17, 15) is 4.79 Å². The second kappa shape index (κ2) is 6.60. The van der Waals surface area contributed by atoms with Crippen LogP contribution in [0.4, 0.5) is 5.13 Å². The van der Waals surface area contributed by atoms with Crippen LogP contribution in [0.2, 0.25) is 0 Å². The van der Waals surface area contributed by atoms with Gasteiger partial charge in [-0.3, -0.25) is 14.8 Å². The van der Waals surface area contributed by atoms with Gasteiger partial charge in [0.1, 0.15) is 5.82 Å². The Morgan fingerprint density at radius 1 is 1.46 bits per heavy atom. The molecular formula is C16H24N6OS. The highest BCUT2D eigenvalue weighted by Gasteiger charge is 2.30. The topological polar surface area (TPSA) is 86.8 Å². The molecule has 3 heterocycles. The lowest BCUT2D eigenvalue weighted by atomic mass is 9.93. The average Bonchev–Trinajstić information content (AvgIpc) is 3.18. The fourth-order valence-electron chi connectivity index (χ4n) is 2.84. The van der Waals surface area contributed by atoms with Crippen LogP contribution in [-0.4, -0.2) is 44.1 Å². The molecule has 0 saturated carbocycles. The van der Waals surface area contributed by atoms with Crippen LogP contribution in [0.1, 0.15) is 57.0 Å². The Hall–Kier alpha value is -1.80. The normalized spacial score (nSPS) is 18.9. The van der Waals surface area contributed by atoms with Gasteiger partial charge in [-0.2, -0.15) is 5.10 Å². The van der Waals surface area contributed by atoms with E-state index in [0.29, 0.717) is 11.7 Å². The summed E-state index contributed by atoms with van der Waals surface area (Å²) in [4.78, 5) is 23.4. The molecule has 2 aromatic rings. The van der Waals surface area contributed by atoms with Gasteiger partial charge in [0, 0.05) is 10.8 Å². The van der Waals surface area contributed by atoms with Crippen molar-refractivity contribution in [2.45, 2.75) is 52.0 Å². The fraction of sp³-hybridized carbons (Fsp3) is 0.625. The van der Waals surface area contributed by atoms with Gasteiger partial charge >= 0.3 is 0 Å². The summed E-state index contributed by atoms with van der Waals surface area (Å²) in [5.41, 5.74) is 0.987. The van der Waals surface area contributed by atoms with Gasteiger partial charge in [-0.15, -0.1) is 11.3 Å².